The lowest BCUT2D eigenvalue weighted by molar-refractivity contribution is 0.382. The Morgan fingerprint density at radius 1 is 1.33 bits per heavy atom. The third-order valence-electron chi connectivity index (χ3n) is 3.84. The highest BCUT2D eigenvalue weighted by Gasteiger charge is 2.26. The maximum Gasteiger partial charge on any atom is 0.122 e. The first-order valence-electron chi connectivity index (χ1n) is 6.91. The number of methoxy groups -OCH3 is 1. The first kappa shape index (κ1) is 13.4. The SMILES string of the molecule is COc1ccc(C)cc1C(C)(C)CCNC1CC1. The van der Waals surface area contributed by atoms with Crippen molar-refractivity contribution in [1.29, 1.82) is 0 Å². The highest BCUT2D eigenvalue weighted by molar-refractivity contribution is 5.41. The highest BCUT2D eigenvalue weighted by Crippen LogP contribution is 2.35. The lowest BCUT2D eigenvalue weighted by atomic mass is 9.80. The minimum atomic E-state index is 0.152. The molecule has 0 spiro atoms. The minimum absolute atomic E-state index is 0.152. The molecule has 18 heavy (non-hydrogen) atoms. The maximum absolute atomic E-state index is 5.51. The van der Waals surface area contributed by atoms with Gasteiger partial charge < -0.3 is 10.1 Å². The molecule has 1 aliphatic rings. The Morgan fingerprint density at radius 2 is 2.06 bits per heavy atom. The average Bonchev–Trinajstić information content (AvgIpc) is 3.13. The second-order valence-corrected chi connectivity index (χ2v) is 6.07. The number of aryl methyl sites for hydroxylation is 1. The third-order valence-corrected chi connectivity index (χ3v) is 3.84. The number of benzene rings is 1. The molecule has 0 unspecified atom stereocenters. The molecule has 0 amide bonds. The quantitative estimate of drug-likeness (QED) is 0.831. The molecule has 0 bridgehead atoms. The second kappa shape index (κ2) is 5.31. The van der Waals surface area contributed by atoms with Crippen molar-refractivity contribution in [2.45, 2.75) is 51.5 Å². The Labute approximate surface area is 111 Å². The zero-order valence-electron chi connectivity index (χ0n) is 12.0. The van der Waals surface area contributed by atoms with Crippen LogP contribution in [0.3, 0.4) is 0 Å². The van der Waals surface area contributed by atoms with Crippen LogP contribution in [0.25, 0.3) is 0 Å². The summed E-state index contributed by atoms with van der Waals surface area (Å²) in [5, 5.41) is 3.59. The molecule has 1 saturated carbocycles. The molecule has 0 saturated heterocycles. The van der Waals surface area contributed by atoms with Gasteiger partial charge in [0.25, 0.3) is 0 Å². The highest BCUT2D eigenvalue weighted by atomic mass is 16.5. The van der Waals surface area contributed by atoms with Gasteiger partial charge in [-0.3, -0.25) is 0 Å². The summed E-state index contributed by atoms with van der Waals surface area (Å²) >= 11 is 0. The topological polar surface area (TPSA) is 21.3 Å². The monoisotopic (exact) mass is 247 g/mol. The Hall–Kier alpha value is -1.02. The average molecular weight is 247 g/mol. The number of rotatable bonds is 6. The van der Waals surface area contributed by atoms with Crippen LogP contribution >= 0.6 is 0 Å². The Bertz CT molecular complexity index is 408. The van der Waals surface area contributed by atoms with Gasteiger partial charge in [0.15, 0.2) is 0 Å². The molecule has 2 nitrogen and oxygen atoms in total. The molecular weight excluding hydrogens is 222 g/mol. The number of hydrogen-bond acceptors (Lipinski definition) is 2. The molecule has 0 aliphatic heterocycles. The van der Waals surface area contributed by atoms with Gasteiger partial charge in [-0.05, 0) is 44.2 Å². The van der Waals surface area contributed by atoms with Gasteiger partial charge in [0.2, 0.25) is 0 Å². The van der Waals surface area contributed by atoms with E-state index in [1.165, 1.54) is 24.0 Å². The number of nitrogens with one attached hydrogen (secondary N) is 1. The van der Waals surface area contributed by atoms with E-state index in [1.807, 2.05) is 0 Å². The van der Waals surface area contributed by atoms with Gasteiger partial charge in [0.05, 0.1) is 7.11 Å². The number of hydrogen-bond donors (Lipinski definition) is 1. The van der Waals surface area contributed by atoms with Crippen LogP contribution < -0.4 is 10.1 Å². The molecule has 0 atom stereocenters. The van der Waals surface area contributed by atoms with Gasteiger partial charge in [-0.1, -0.05) is 31.5 Å². The predicted octanol–water partition coefficient (Wildman–Crippen LogP) is 3.42. The molecule has 1 aromatic rings. The lowest BCUT2D eigenvalue weighted by Gasteiger charge is -2.27. The molecule has 2 heteroatoms. The first-order valence-corrected chi connectivity index (χ1v) is 6.91. The van der Waals surface area contributed by atoms with Crippen LogP contribution in [0.15, 0.2) is 18.2 Å². The van der Waals surface area contributed by atoms with Crippen molar-refractivity contribution in [3.05, 3.63) is 29.3 Å². The standard InChI is InChI=1S/C16H25NO/c1-12-5-8-15(18-4)14(11-12)16(2,3)9-10-17-13-6-7-13/h5,8,11,13,17H,6-7,9-10H2,1-4H3. The summed E-state index contributed by atoms with van der Waals surface area (Å²) in [4.78, 5) is 0. The van der Waals surface area contributed by atoms with E-state index in [9.17, 15) is 0 Å². The fourth-order valence-electron chi connectivity index (χ4n) is 2.36. The van der Waals surface area contributed by atoms with Crippen LogP contribution in [-0.4, -0.2) is 19.7 Å². The van der Waals surface area contributed by atoms with Gasteiger partial charge in [-0.15, -0.1) is 0 Å². The predicted molar refractivity (Wildman–Crippen MR) is 76.4 cm³/mol. The maximum atomic E-state index is 5.51. The van der Waals surface area contributed by atoms with E-state index in [4.69, 9.17) is 4.74 Å². The van der Waals surface area contributed by atoms with Crippen molar-refractivity contribution in [2.75, 3.05) is 13.7 Å². The largest absolute Gasteiger partial charge is 0.496 e. The Balaban J connectivity index is 2.08. The molecule has 1 aliphatic carbocycles. The van der Waals surface area contributed by atoms with Crippen molar-refractivity contribution in [2.24, 2.45) is 0 Å². The van der Waals surface area contributed by atoms with Crippen LogP contribution in [0.5, 0.6) is 5.75 Å². The van der Waals surface area contributed by atoms with E-state index < -0.39 is 0 Å². The van der Waals surface area contributed by atoms with E-state index >= 15 is 0 Å². The molecule has 1 N–H and O–H groups in total. The summed E-state index contributed by atoms with van der Waals surface area (Å²) in [5.74, 6) is 1.01. The van der Waals surface area contributed by atoms with Crippen LogP contribution in [0.1, 0.15) is 44.2 Å². The van der Waals surface area contributed by atoms with Gasteiger partial charge in [0.1, 0.15) is 5.75 Å². The molecule has 1 fully saturated rings. The molecule has 100 valence electrons. The van der Waals surface area contributed by atoms with E-state index in [-0.39, 0.29) is 5.41 Å². The Morgan fingerprint density at radius 3 is 2.67 bits per heavy atom. The second-order valence-electron chi connectivity index (χ2n) is 6.07. The van der Waals surface area contributed by atoms with Gasteiger partial charge >= 0.3 is 0 Å². The molecule has 0 radical (unpaired) electrons. The van der Waals surface area contributed by atoms with Crippen molar-refractivity contribution < 1.29 is 4.74 Å². The van der Waals surface area contributed by atoms with Crippen molar-refractivity contribution in [1.82, 2.24) is 5.32 Å². The molecule has 1 aromatic carbocycles. The summed E-state index contributed by atoms with van der Waals surface area (Å²) in [6.45, 7) is 7.84. The molecule has 0 aromatic heterocycles. The van der Waals surface area contributed by atoms with Gasteiger partial charge in [-0.2, -0.15) is 0 Å². The zero-order valence-corrected chi connectivity index (χ0v) is 12.0. The normalized spacial score (nSPS) is 15.8. The lowest BCUT2D eigenvalue weighted by Crippen LogP contribution is -2.27. The number of ether oxygens (including phenoxy) is 1. The summed E-state index contributed by atoms with van der Waals surface area (Å²) in [5.41, 5.74) is 2.77. The summed E-state index contributed by atoms with van der Waals surface area (Å²) in [7, 11) is 1.76. The van der Waals surface area contributed by atoms with Crippen molar-refractivity contribution in [3.8, 4) is 5.75 Å². The first-order chi connectivity index (χ1) is 8.53. The van der Waals surface area contributed by atoms with Gasteiger partial charge in [-0.25, -0.2) is 0 Å². The fraction of sp³-hybridized carbons (Fsp3) is 0.625. The van der Waals surface area contributed by atoms with Crippen LogP contribution in [0, 0.1) is 6.92 Å². The van der Waals surface area contributed by atoms with E-state index in [1.54, 1.807) is 7.11 Å². The fourth-order valence-corrected chi connectivity index (χ4v) is 2.36. The van der Waals surface area contributed by atoms with Crippen LogP contribution in [0.2, 0.25) is 0 Å². The van der Waals surface area contributed by atoms with E-state index in [0.717, 1.165) is 24.8 Å². The molecular formula is C16H25NO. The summed E-state index contributed by atoms with van der Waals surface area (Å²) < 4.78 is 5.51. The smallest absolute Gasteiger partial charge is 0.122 e. The van der Waals surface area contributed by atoms with E-state index in [2.05, 4.69) is 44.3 Å². The minimum Gasteiger partial charge on any atom is -0.496 e. The van der Waals surface area contributed by atoms with Crippen LogP contribution in [-0.2, 0) is 5.41 Å². The van der Waals surface area contributed by atoms with E-state index in [0.29, 0.717) is 0 Å². The summed E-state index contributed by atoms with van der Waals surface area (Å²) in [6.07, 6.45) is 3.85. The van der Waals surface area contributed by atoms with Crippen LogP contribution in [0.4, 0.5) is 0 Å². The zero-order chi connectivity index (χ0) is 13.2. The van der Waals surface area contributed by atoms with Gasteiger partial charge in [0, 0.05) is 11.6 Å². The Kier molecular flexibility index (Phi) is 3.96. The molecule has 0 heterocycles. The summed E-state index contributed by atoms with van der Waals surface area (Å²) in [6, 6.07) is 7.25. The van der Waals surface area contributed by atoms with Crippen molar-refractivity contribution >= 4 is 0 Å². The molecule has 2 rings (SSSR count). The third kappa shape index (κ3) is 3.26. The van der Waals surface area contributed by atoms with Crippen molar-refractivity contribution in [3.63, 3.8) is 0 Å².